The summed E-state index contributed by atoms with van der Waals surface area (Å²) in [6.45, 7) is 0. The second kappa shape index (κ2) is 9.76. The molecule has 0 N–H and O–H groups in total. The number of hydrogen-bond acceptors (Lipinski definition) is 2. The van der Waals surface area contributed by atoms with Crippen molar-refractivity contribution < 1.29 is 42.3 Å². The Balaban J connectivity index is 0. The zero-order valence-corrected chi connectivity index (χ0v) is 4.73. The summed E-state index contributed by atoms with van der Waals surface area (Å²) in [5, 5.41) is 0. The molecule has 0 aliphatic carbocycles. The van der Waals surface area contributed by atoms with Gasteiger partial charge in [-0.3, -0.25) is 0 Å². The van der Waals surface area contributed by atoms with Gasteiger partial charge in [-0.2, -0.15) is 9.59 Å². The minimum atomic E-state index is 0. The Morgan fingerprint density at radius 1 is 1.25 bits per heavy atom. The zero-order chi connectivity index (χ0) is 2.71. The molecule has 0 unspecified atom stereocenters. The van der Waals surface area contributed by atoms with Crippen LogP contribution in [0, 0.1) is 0 Å². The normalized spacial score (nSPS) is 2.00. The van der Waals surface area contributed by atoms with Gasteiger partial charge in [0.2, 0.25) is 0 Å². The van der Waals surface area contributed by atoms with Crippen LogP contribution in [0.5, 0.6) is 0 Å². The largest absolute Gasteiger partial charge is 0.373 e. The fraction of sp³-hybridized carbons (Fsp3) is 0. The molecule has 0 aromatic heterocycles. The molecular formula is CO2Y. The van der Waals surface area contributed by atoms with Crippen molar-refractivity contribution in [2.75, 3.05) is 0 Å². The fourth-order valence-electron chi connectivity index (χ4n) is 0. The van der Waals surface area contributed by atoms with Crippen LogP contribution >= 0.6 is 0 Å². The quantitative estimate of drug-likeness (QED) is 0.442. The van der Waals surface area contributed by atoms with Gasteiger partial charge in [0.25, 0.3) is 0 Å². The molecule has 19 valence electrons. The average molecular weight is 133 g/mol. The van der Waals surface area contributed by atoms with Crippen molar-refractivity contribution in [1.82, 2.24) is 0 Å². The van der Waals surface area contributed by atoms with Gasteiger partial charge in [-0.05, 0) is 0 Å². The molecular weight excluding hydrogens is 133 g/mol. The van der Waals surface area contributed by atoms with Crippen molar-refractivity contribution >= 4 is 6.15 Å². The summed E-state index contributed by atoms with van der Waals surface area (Å²) in [5.74, 6) is 0. The third-order valence-electron chi connectivity index (χ3n) is 0. The van der Waals surface area contributed by atoms with E-state index in [4.69, 9.17) is 9.59 Å². The molecule has 0 aromatic rings. The maximum absolute atomic E-state index is 8.12. The van der Waals surface area contributed by atoms with Gasteiger partial charge in [0.1, 0.15) is 0 Å². The molecule has 0 rings (SSSR count). The predicted molar refractivity (Wildman–Crippen MR) is 5.01 cm³/mol. The summed E-state index contributed by atoms with van der Waals surface area (Å²) in [4.78, 5) is 16.2. The van der Waals surface area contributed by atoms with Crippen molar-refractivity contribution in [3.63, 3.8) is 0 Å². The van der Waals surface area contributed by atoms with Crippen molar-refractivity contribution in [2.24, 2.45) is 0 Å². The first-order chi connectivity index (χ1) is 1.41. The second-order valence-electron chi connectivity index (χ2n) is 0.0833. The number of hydrogen-bond donors (Lipinski definition) is 0. The van der Waals surface area contributed by atoms with E-state index in [1.165, 1.54) is 0 Å². The van der Waals surface area contributed by atoms with Gasteiger partial charge in [0.05, 0.1) is 0 Å². The molecule has 0 heterocycles. The molecule has 0 aliphatic heterocycles. The van der Waals surface area contributed by atoms with E-state index in [2.05, 4.69) is 0 Å². The number of rotatable bonds is 0. The van der Waals surface area contributed by atoms with E-state index in [0.29, 0.717) is 0 Å². The van der Waals surface area contributed by atoms with E-state index in [-0.39, 0.29) is 38.9 Å². The molecule has 4 heavy (non-hydrogen) atoms. The van der Waals surface area contributed by atoms with Crippen LogP contribution < -0.4 is 0 Å². The standard InChI is InChI=1S/CO2.Y/c2-1-3;. The van der Waals surface area contributed by atoms with Crippen LogP contribution in [0.2, 0.25) is 0 Å². The molecule has 0 fully saturated rings. The number of carbonyl (C=O) groups excluding carboxylic acids is 2. The molecule has 0 aromatic carbocycles. The van der Waals surface area contributed by atoms with Gasteiger partial charge in [-0.25, -0.2) is 0 Å². The fourth-order valence-corrected chi connectivity index (χ4v) is 0. The van der Waals surface area contributed by atoms with Gasteiger partial charge in [0, 0.05) is 32.7 Å². The minimum Gasteiger partial charge on any atom is -0.186 e. The molecule has 0 atom stereocenters. The molecule has 0 saturated heterocycles. The van der Waals surface area contributed by atoms with Crippen LogP contribution in [0.25, 0.3) is 0 Å². The predicted octanol–water partition coefficient (Wildman–Crippen LogP) is -0.586. The van der Waals surface area contributed by atoms with E-state index in [1.54, 1.807) is 0 Å². The Morgan fingerprint density at radius 3 is 1.25 bits per heavy atom. The summed E-state index contributed by atoms with van der Waals surface area (Å²) in [7, 11) is 0. The summed E-state index contributed by atoms with van der Waals surface area (Å²) in [6, 6.07) is 0. The molecule has 0 saturated carbocycles. The first-order valence-corrected chi connectivity index (χ1v) is 0.408. The Bertz CT molecular complexity index is 27.0. The summed E-state index contributed by atoms with van der Waals surface area (Å²) < 4.78 is 0. The van der Waals surface area contributed by atoms with Gasteiger partial charge in [-0.15, -0.1) is 0 Å². The maximum Gasteiger partial charge on any atom is 0.373 e. The second-order valence-corrected chi connectivity index (χ2v) is 0.0833. The van der Waals surface area contributed by atoms with Gasteiger partial charge in [0.15, 0.2) is 0 Å². The molecule has 2 nitrogen and oxygen atoms in total. The van der Waals surface area contributed by atoms with Crippen LogP contribution in [0.1, 0.15) is 0 Å². The first kappa shape index (κ1) is 8.82. The topological polar surface area (TPSA) is 34.1 Å². The molecule has 1 radical (unpaired) electrons. The smallest absolute Gasteiger partial charge is 0.186 e. The van der Waals surface area contributed by atoms with Crippen molar-refractivity contribution in [2.45, 2.75) is 0 Å². The van der Waals surface area contributed by atoms with Crippen molar-refractivity contribution in [3.8, 4) is 0 Å². The molecule has 0 aliphatic rings. The molecule has 0 spiro atoms. The van der Waals surface area contributed by atoms with Crippen LogP contribution in [-0.2, 0) is 42.3 Å². The van der Waals surface area contributed by atoms with Crippen molar-refractivity contribution in [3.05, 3.63) is 0 Å². The average Bonchev–Trinajstić information content (AvgIpc) is 0.918. The van der Waals surface area contributed by atoms with Gasteiger partial charge in [-0.1, -0.05) is 0 Å². The maximum atomic E-state index is 8.12. The van der Waals surface area contributed by atoms with Crippen LogP contribution in [0.15, 0.2) is 0 Å². The molecule has 0 amide bonds. The third kappa shape index (κ3) is 23.4. The summed E-state index contributed by atoms with van der Waals surface area (Å²) >= 11 is 0. The monoisotopic (exact) mass is 133 g/mol. The zero-order valence-electron chi connectivity index (χ0n) is 1.89. The van der Waals surface area contributed by atoms with Gasteiger partial charge < -0.3 is 0 Å². The van der Waals surface area contributed by atoms with Crippen LogP contribution in [-0.4, -0.2) is 6.15 Å². The van der Waals surface area contributed by atoms with Crippen LogP contribution in [0.3, 0.4) is 0 Å². The van der Waals surface area contributed by atoms with E-state index in [1.807, 2.05) is 0 Å². The van der Waals surface area contributed by atoms with E-state index in [0.717, 1.165) is 0 Å². The Kier molecular flexibility index (Phi) is 21.5. The van der Waals surface area contributed by atoms with E-state index in [9.17, 15) is 0 Å². The Labute approximate surface area is 48.4 Å². The van der Waals surface area contributed by atoms with Crippen molar-refractivity contribution in [1.29, 1.82) is 0 Å². The minimum absolute atomic E-state index is 0. The Hall–Kier alpha value is 0.484. The Morgan fingerprint density at radius 2 is 1.25 bits per heavy atom. The van der Waals surface area contributed by atoms with Gasteiger partial charge >= 0.3 is 6.15 Å². The SMILES string of the molecule is O=C=O.[Y]. The van der Waals surface area contributed by atoms with E-state index >= 15 is 0 Å². The first-order valence-electron chi connectivity index (χ1n) is 0.408. The van der Waals surface area contributed by atoms with Crippen LogP contribution in [0.4, 0.5) is 0 Å². The summed E-state index contributed by atoms with van der Waals surface area (Å²) in [5.41, 5.74) is 0. The molecule has 3 heteroatoms. The van der Waals surface area contributed by atoms with E-state index < -0.39 is 0 Å². The molecule has 0 bridgehead atoms. The summed E-state index contributed by atoms with van der Waals surface area (Å²) in [6.07, 6.45) is 0.250. The third-order valence-corrected chi connectivity index (χ3v) is 0.